The summed E-state index contributed by atoms with van der Waals surface area (Å²) < 4.78 is 1.87. The number of nitrogens with zero attached hydrogens (tertiary/aromatic N) is 4. The fourth-order valence-electron chi connectivity index (χ4n) is 0.987. The quantitative estimate of drug-likeness (QED) is 0.751. The molecule has 0 saturated heterocycles. The fourth-order valence-corrected chi connectivity index (χ4v) is 2.04. The molecule has 0 aromatic carbocycles. The van der Waals surface area contributed by atoms with Crippen molar-refractivity contribution in [2.75, 3.05) is 12.8 Å². The Morgan fingerprint density at radius 1 is 1.73 bits per heavy atom. The van der Waals surface area contributed by atoms with Crippen LogP contribution in [0.3, 0.4) is 0 Å². The maximum absolute atomic E-state index is 8.94. The molecule has 6 heteroatoms. The van der Waals surface area contributed by atoms with Crippen LogP contribution in [0.15, 0.2) is 11.5 Å². The van der Waals surface area contributed by atoms with Crippen molar-refractivity contribution < 1.29 is 0 Å². The lowest BCUT2D eigenvalue weighted by molar-refractivity contribution is 0.479. The van der Waals surface area contributed by atoms with Gasteiger partial charge in [-0.2, -0.15) is 5.26 Å². The summed E-state index contributed by atoms with van der Waals surface area (Å²) in [5.41, 5.74) is -0.453. The van der Waals surface area contributed by atoms with E-state index in [9.17, 15) is 0 Å². The molecule has 15 heavy (non-hydrogen) atoms. The Bertz CT molecular complexity index is 356. The van der Waals surface area contributed by atoms with Crippen molar-refractivity contribution in [1.82, 2.24) is 20.1 Å². The highest BCUT2D eigenvalue weighted by atomic mass is 32.2. The zero-order chi connectivity index (χ0) is 11.3. The number of thioether (sulfide) groups is 1. The van der Waals surface area contributed by atoms with Gasteiger partial charge in [-0.15, -0.1) is 10.2 Å². The molecular formula is C9H15N5S. The predicted octanol–water partition coefficient (Wildman–Crippen LogP) is 0.799. The van der Waals surface area contributed by atoms with Crippen LogP contribution in [0.4, 0.5) is 0 Å². The van der Waals surface area contributed by atoms with Crippen LogP contribution in [0.5, 0.6) is 0 Å². The lowest BCUT2D eigenvalue weighted by Gasteiger charge is -2.19. The van der Waals surface area contributed by atoms with Gasteiger partial charge in [0.1, 0.15) is 11.9 Å². The zero-order valence-electron chi connectivity index (χ0n) is 9.19. The van der Waals surface area contributed by atoms with Gasteiger partial charge in [-0.25, -0.2) is 0 Å². The number of rotatable bonds is 5. The monoisotopic (exact) mass is 225 g/mol. The van der Waals surface area contributed by atoms with Gasteiger partial charge in [0, 0.05) is 12.8 Å². The minimum atomic E-state index is -0.453. The van der Waals surface area contributed by atoms with Gasteiger partial charge in [0.15, 0.2) is 5.16 Å². The average Bonchev–Trinajstić information content (AvgIpc) is 2.64. The second kappa shape index (κ2) is 5.14. The first-order valence-electron chi connectivity index (χ1n) is 4.68. The van der Waals surface area contributed by atoms with Gasteiger partial charge in [-0.3, -0.25) is 0 Å². The van der Waals surface area contributed by atoms with Crippen LogP contribution in [0, 0.1) is 11.3 Å². The van der Waals surface area contributed by atoms with Gasteiger partial charge in [0.05, 0.1) is 6.07 Å². The summed E-state index contributed by atoms with van der Waals surface area (Å²) in [6, 6.07) is 2.26. The highest BCUT2D eigenvalue weighted by Crippen LogP contribution is 2.18. The van der Waals surface area contributed by atoms with E-state index in [4.69, 9.17) is 5.26 Å². The van der Waals surface area contributed by atoms with Crippen molar-refractivity contribution in [2.45, 2.75) is 24.0 Å². The van der Waals surface area contributed by atoms with Crippen LogP contribution in [0.25, 0.3) is 0 Å². The molecule has 0 aliphatic heterocycles. The van der Waals surface area contributed by atoms with Crippen molar-refractivity contribution in [3.05, 3.63) is 6.33 Å². The Morgan fingerprint density at radius 3 is 2.93 bits per heavy atom. The second-order valence-electron chi connectivity index (χ2n) is 3.52. The molecule has 1 heterocycles. The lowest BCUT2D eigenvalue weighted by atomic mass is 10.0. The molecule has 82 valence electrons. The normalized spacial score (nSPS) is 14.5. The number of aryl methyl sites for hydroxylation is 1. The Kier molecular flexibility index (Phi) is 4.12. The summed E-state index contributed by atoms with van der Waals surface area (Å²) in [7, 11) is 3.71. The molecule has 1 aromatic rings. The number of hydrogen-bond donors (Lipinski definition) is 1. The maximum atomic E-state index is 8.94. The van der Waals surface area contributed by atoms with Crippen molar-refractivity contribution in [3.8, 4) is 6.07 Å². The molecule has 1 unspecified atom stereocenters. The van der Waals surface area contributed by atoms with E-state index in [1.807, 2.05) is 18.5 Å². The van der Waals surface area contributed by atoms with Gasteiger partial charge >= 0.3 is 0 Å². The van der Waals surface area contributed by atoms with E-state index >= 15 is 0 Å². The number of hydrogen-bond acceptors (Lipinski definition) is 5. The number of nitrogens with one attached hydrogen (secondary N) is 1. The molecule has 1 atom stereocenters. The molecule has 0 bridgehead atoms. The summed E-state index contributed by atoms with van der Waals surface area (Å²) in [6.45, 7) is 1.89. The molecule has 1 aromatic heterocycles. The van der Waals surface area contributed by atoms with Crippen LogP contribution in [-0.2, 0) is 7.05 Å². The van der Waals surface area contributed by atoms with Gasteiger partial charge in [0.25, 0.3) is 0 Å². The second-order valence-corrected chi connectivity index (χ2v) is 4.58. The first-order valence-corrected chi connectivity index (χ1v) is 5.67. The first-order chi connectivity index (χ1) is 7.11. The van der Waals surface area contributed by atoms with Gasteiger partial charge < -0.3 is 9.88 Å². The summed E-state index contributed by atoms with van der Waals surface area (Å²) in [5.74, 6) is 0.845. The summed E-state index contributed by atoms with van der Waals surface area (Å²) in [6.07, 6.45) is 2.45. The molecule has 1 rings (SSSR count). The van der Waals surface area contributed by atoms with Crippen LogP contribution in [0.1, 0.15) is 13.3 Å². The minimum absolute atomic E-state index is 0.453. The molecule has 0 fully saturated rings. The van der Waals surface area contributed by atoms with Crippen LogP contribution >= 0.6 is 11.8 Å². The Labute approximate surface area is 93.9 Å². The van der Waals surface area contributed by atoms with E-state index in [1.54, 1.807) is 25.1 Å². The van der Waals surface area contributed by atoms with Crippen molar-refractivity contribution in [2.24, 2.45) is 7.05 Å². The topological polar surface area (TPSA) is 66.5 Å². The molecule has 0 aliphatic rings. The lowest BCUT2D eigenvalue weighted by Crippen LogP contribution is -2.38. The highest BCUT2D eigenvalue weighted by molar-refractivity contribution is 7.99. The third-order valence-electron chi connectivity index (χ3n) is 2.30. The Balaban J connectivity index is 2.40. The van der Waals surface area contributed by atoms with E-state index < -0.39 is 5.54 Å². The molecule has 0 saturated carbocycles. The smallest absolute Gasteiger partial charge is 0.190 e. The maximum Gasteiger partial charge on any atom is 0.190 e. The third kappa shape index (κ3) is 3.22. The van der Waals surface area contributed by atoms with Crippen molar-refractivity contribution in [3.63, 3.8) is 0 Å². The average molecular weight is 225 g/mol. The molecule has 0 spiro atoms. The van der Waals surface area contributed by atoms with E-state index in [0.717, 1.165) is 17.3 Å². The number of nitriles is 1. The van der Waals surface area contributed by atoms with Crippen LogP contribution < -0.4 is 5.32 Å². The highest BCUT2D eigenvalue weighted by Gasteiger charge is 2.20. The standard InChI is InChI=1S/C9H15N5S/c1-9(6-10,11-2)4-5-15-8-13-12-7-14(8)3/h7,11H,4-5H2,1-3H3. The van der Waals surface area contributed by atoms with E-state index in [1.165, 1.54) is 0 Å². The molecule has 1 N–H and O–H groups in total. The molecular weight excluding hydrogens is 210 g/mol. The largest absolute Gasteiger partial charge is 0.312 e. The predicted molar refractivity (Wildman–Crippen MR) is 59.4 cm³/mol. The van der Waals surface area contributed by atoms with Gasteiger partial charge in [-0.05, 0) is 20.4 Å². The van der Waals surface area contributed by atoms with Crippen molar-refractivity contribution >= 4 is 11.8 Å². The molecule has 5 nitrogen and oxygen atoms in total. The van der Waals surface area contributed by atoms with Crippen molar-refractivity contribution in [1.29, 1.82) is 5.26 Å². The third-order valence-corrected chi connectivity index (χ3v) is 3.34. The Morgan fingerprint density at radius 2 is 2.47 bits per heavy atom. The fraction of sp³-hybridized carbons (Fsp3) is 0.667. The minimum Gasteiger partial charge on any atom is -0.312 e. The molecule has 0 radical (unpaired) electrons. The van der Waals surface area contributed by atoms with Gasteiger partial charge in [-0.1, -0.05) is 11.8 Å². The van der Waals surface area contributed by atoms with Gasteiger partial charge in [0.2, 0.25) is 0 Å². The summed E-state index contributed by atoms with van der Waals surface area (Å²) in [4.78, 5) is 0. The first kappa shape index (κ1) is 12.0. The number of aromatic nitrogens is 3. The van der Waals surface area contributed by atoms with Crippen LogP contribution in [0.2, 0.25) is 0 Å². The Hall–Kier alpha value is -1.06. The summed E-state index contributed by atoms with van der Waals surface area (Å²) in [5, 5.41) is 20.6. The molecule has 0 amide bonds. The SMILES string of the molecule is CNC(C)(C#N)CCSc1nncn1C. The zero-order valence-corrected chi connectivity index (χ0v) is 10.0. The van der Waals surface area contributed by atoms with E-state index in [-0.39, 0.29) is 0 Å². The van der Waals surface area contributed by atoms with E-state index in [0.29, 0.717) is 0 Å². The van der Waals surface area contributed by atoms with E-state index in [2.05, 4.69) is 21.6 Å². The summed E-state index contributed by atoms with van der Waals surface area (Å²) >= 11 is 1.61. The van der Waals surface area contributed by atoms with Crippen LogP contribution in [-0.4, -0.2) is 33.1 Å². The molecule has 0 aliphatic carbocycles.